The van der Waals surface area contributed by atoms with Gasteiger partial charge in [0.15, 0.2) is 0 Å². The average molecular weight is 241 g/mol. The Morgan fingerprint density at radius 1 is 1.69 bits per heavy atom. The molecule has 2 atom stereocenters. The van der Waals surface area contributed by atoms with Gasteiger partial charge in [-0.3, -0.25) is 4.79 Å². The lowest BCUT2D eigenvalue weighted by molar-refractivity contribution is 0.0585. The molecule has 0 bridgehead atoms. The van der Waals surface area contributed by atoms with E-state index in [2.05, 4.69) is 10.3 Å². The number of carbonyl (C=O) groups is 1. The van der Waals surface area contributed by atoms with Gasteiger partial charge >= 0.3 is 0 Å². The van der Waals surface area contributed by atoms with E-state index in [4.69, 9.17) is 0 Å². The lowest BCUT2D eigenvalue weighted by atomic mass is 10.2. The molecule has 88 valence electrons. The molecule has 2 unspecified atom stereocenters. The molecule has 0 aromatic carbocycles. The lowest BCUT2D eigenvalue weighted by Crippen LogP contribution is -2.44. The van der Waals surface area contributed by atoms with E-state index in [0.29, 0.717) is 18.0 Å². The highest BCUT2D eigenvalue weighted by Gasteiger charge is 2.32. The van der Waals surface area contributed by atoms with Crippen LogP contribution in [0.15, 0.2) is 5.51 Å². The van der Waals surface area contributed by atoms with Crippen LogP contribution in [0.3, 0.4) is 0 Å². The number of aliphatic hydroxyl groups is 1. The number of aromatic nitrogens is 1. The largest absolute Gasteiger partial charge is 0.390 e. The molecule has 1 amide bonds. The average Bonchev–Trinajstić information content (AvgIpc) is 2.85. The summed E-state index contributed by atoms with van der Waals surface area (Å²) < 4.78 is 0. The van der Waals surface area contributed by atoms with Crippen LogP contribution in [0.2, 0.25) is 0 Å². The van der Waals surface area contributed by atoms with Gasteiger partial charge in [-0.1, -0.05) is 0 Å². The number of hydrogen-bond acceptors (Lipinski definition) is 5. The van der Waals surface area contributed by atoms with Gasteiger partial charge in [0.05, 0.1) is 23.4 Å². The highest BCUT2D eigenvalue weighted by atomic mass is 32.1. The minimum atomic E-state index is -0.484. The van der Waals surface area contributed by atoms with Crippen molar-refractivity contribution in [3.63, 3.8) is 0 Å². The molecule has 1 aromatic heterocycles. The van der Waals surface area contributed by atoms with E-state index in [1.807, 2.05) is 6.92 Å². The predicted octanol–water partition coefficient (Wildman–Crippen LogP) is -0.144. The van der Waals surface area contributed by atoms with Gasteiger partial charge in [-0.15, -0.1) is 11.3 Å². The Kier molecular flexibility index (Phi) is 3.22. The minimum absolute atomic E-state index is 0.0623. The molecule has 1 aliphatic rings. The molecular weight excluding hydrogens is 226 g/mol. The second-order valence-electron chi connectivity index (χ2n) is 3.98. The van der Waals surface area contributed by atoms with E-state index in [9.17, 15) is 9.90 Å². The van der Waals surface area contributed by atoms with Gasteiger partial charge in [-0.2, -0.15) is 0 Å². The molecule has 1 aromatic rings. The quantitative estimate of drug-likeness (QED) is 0.756. The predicted molar refractivity (Wildman–Crippen MR) is 61.6 cm³/mol. The van der Waals surface area contributed by atoms with E-state index in [1.165, 1.54) is 11.3 Å². The smallest absolute Gasteiger partial charge is 0.265 e. The standard InChI is InChI=1S/C10H15N3O2S/c1-6-9(16-5-12-6)10(15)13(2)7-3-11-4-8(7)14/h5,7-8,11,14H,3-4H2,1-2H3. The van der Waals surface area contributed by atoms with Crippen molar-refractivity contribution in [1.29, 1.82) is 0 Å². The van der Waals surface area contributed by atoms with Crippen molar-refractivity contribution in [2.45, 2.75) is 19.1 Å². The van der Waals surface area contributed by atoms with Crippen LogP contribution < -0.4 is 5.32 Å². The number of nitrogens with zero attached hydrogens (tertiary/aromatic N) is 2. The van der Waals surface area contributed by atoms with Crippen molar-refractivity contribution in [3.8, 4) is 0 Å². The first-order chi connectivity index (χ1) is 7.61. The van der Waals surface area contributed by atoms with E-state index in [0.717, 1.165) is 5.69 Å². The van der Waals surface area contributed by atoms with Crippen molar-refractivity contribution in [2.24, 2.45) is 0 Å². The highest BCUT2D eigenvalue weighted by Crippen LogP contribution is 2.17. The summed E-state index contributed by atoms with van der Waals surface area (Å²) in [5.74, 6) is -0.0623. The number of hydrogen-bond donors (Lipinski definition) is 2. The summed E-state index contributed by atoms with van der Waals surface area (Å²) in [7, 11) is 1.72. The van der Waals surface area contributed by atoms with Gasteiger partial charge in [0.1, 0.15) is 4.88 Å². The zero-order valence-electron chi connectivity index (χ0n) is 9.30. The molecule has 0 radical (unpaired) electrons. The van der Waals surface area contributed by atoms with Crippen molar-refractivity contribution in [1.82, 2.24) is 15.2 Å². The zero-order valence-corrected chi connectivity index (χ0v) is 10.1. The summed E-state index contributed by atoms with van der Waals surface area (Å²) in [6.45, 7) is 3.01. The van der Waals surface area contributed by atoms with Crippen molar-refractivity contribution < 1.29 is 9.90 Å². The highest BCUT2D eigenvalue weighted by molar-refractivity contribution is 7.11. The van der Waals surface area contributed by atoms with Crippen molar-refractivity contribution in [2.75, 3.05) is 20.1 Å². The van der Waals surface area contributed by atoms with Gasteiger partial charge in [0.25, 0.3) is 5.91 Å². The number of aliphatic hydroxyl groups excluding tert-OH is 1. The molecule has 1 saturated heterocycles. The Labute approximate surface area is 98.1 Å². The number of thiazole rings is 1. The molecule has 1 aliphatic heterocycles. The molecule has 1 fully saturated rings. The summed E-state index contributed by atoms with van der Waals surface area (Å²) in [4.78, 5) is 18.4. The SMILES string of the molecule is Cc1ncsc1C(=O)N(C)C1CNCC1O. The first-order valence-corrected chi connectivity index (χ1v) is 6.05. The van der Waals surface area contributed by atoms with Gasteiger partial charge in [0, 0.05) is 20.1 Å². The Bertz CT molecular complexity index is 393. The molecule has 0 spiro atoms. The Morgan fingerprint density at radius 2 is 2.44 bits per heavy atom. The van der Waals surface area contributed by atoms with Crippen molar-refractivity contribution in [3.05, 3.63) is 16.1 Å². The number of nitrogens with one attached hydrogen (secondary N) is 1. The molecule has 2 N–H and O–H groups in total. The number of β-amino-alcohol motifs (C(OH)–C–C–N with tert-alkyl or cyclic N) is 1. The summed E-state index contributed by atoms with van der Waals surface area (Å²) in [6, 6.07) is -0.144. The van der Waals surface area contributed by atoms with Crippen molar-refractivity contribution >= 4 is 17.2 Å². The summed E-state index contributed by atoms with van der Waals surface area (Å²) in [6.07, 6.45) is -0.484. The third-order valence-corrected chi connectivity index (χ3v) is 3.83. The number of carbonyl (C=O) groups excluding carboxylic acids is 1. The maximum Gasteiger partial charge on any atom is 0.265 e. The van der Waals surface area contributed by atoms with Gasteiger partial charge in [-0.25, -0.2) is 4.98 Å². The van der Waals surface area contributed by atoms with Crippen LogP contribution in [0, 0.1) is 6.92 Å². The van der Waals surface area contributed by atoms with E-state index < -0.39 is 6.10 Å². The van der Waals surface area contributed by atoms with Gasteiger partial charge in [-0.05, 0) is 6.92 Å². The fraction of sp³-hybridized carbons (Fsp3) is 0.600. The van der Waals surface area contributed by atoms with Gasteiger partial charge in [0.2, 0.25) is 0 Å². The first-order valence-electron chi connectivity index (χ1n) is 5.17. The number of rotatable bonds is 2. The van der Waals surface area contributed by atoms with E-state index >= 15 is 0 Å². The monoisotopic (exact) mass is 241 g/mol. The molecule has 2 rings (SSSR count). The minimum Gasteiger partial charge on any atom is -0.390 e. The Balaban J connectivity index is 2.13. The maximum atomic E-state index is 12.1. The molecule has 6 heteroatoms. The fourth-order valence-corrected chi connectivity index (χ4v) is 2.65. The molecule has 0 aliphatic carbocycles. The van der Waals surface area contributed by atoms with Crippen LogP contribution in [-0.4, -0.2) is 53.2 Å². The topological polar surface area (TPSA) is 65.5 Å². The third-order valence-electron chi connectivity index (χ3n) is 2.91. The Hall–Kier alpha value is -0.980. The molecule has 16 heavy (non-hydrogen) atoms. The maximum absolute atomic E-state index is 12.1. The molecule has 2 heterocycles. The number of amides is 1. The molecule has 5 nitrogen and oxygen atoms in total. The number of aryl methyl sites for hydroxylation is 1. The van der Waals surface area contributed by atoms with Crippen LogP contribution >= 0.6 is 11.3 Å². The summed E-state index contributed by atoms with van der Waals surface area (Å²) >= 11 is 1.34. The van der Waals surface area contributed by atoms with Crippen LogP contribution in [0.5, 0.6) is 0 Å². The second kappa shape index (κ2) is 4.48. The van der Waals surface area contributed by atoms with E-state index in [1.54, 1.807) is 17.5 Å². The fourth-order valence-electron chi connectivity index (χ4n) is 1.86. The number of likely N-dealkylation sites (N-methyl/N-ethyl adjacent to an activating group) is 1. The summed E-state index contributed by atoms with van der Waals surface area (Å²) in [5, 5.41) is 12.8. The molecular formula is C10H15N3O2S. The zero-order chi connectivity index (χ0) is 11.7. The lowest BCUT2D eigenvalue weighted by Gasteiger charge is -2.26. The second-order valence-corrected chi connectivity index (χ2v) is 4.83. The third kappa shape index (κ3) is 1.95. The summed E-state index contributed by atoms with van der Waals surface area (Å²) in [5.41, 5.74) is 2.42. The first kappa shape index (κ1) is 11.5. The van der Waals surface area contributed by atoms with Crippen LogP contribution in [0.1, 0.15) is 15.4 Å². The van der Waals surface area contributed by atoms with E-state index in [-0.39, 0.29) is 11.9 Å². The molecule has 0 saturated carbocycles. The van der Waals surface area contributed by atoms with Crippen LogP contribution in [0.4, 0.5) is 0 Å². The van der Waals surface area contributed by atoms with Gasteiger partial charge < -0.3 is 15.3 Å². The Morgan fingerprint density at radius 3 is 2.94 bits per heavy atom. The van der Waals surface area contributed by atoms with Crippen LogP contribution in [-0.2, 0) is 0 Å². The van der Waals surface area contributed by atoms with Crippen LogP contribution in [0.25, 0.3) is 0 Å². The normalized spacial score (nSPS) is 24.7.